The lowest BCUT2D eigenvalue weighted by atomic mass is 10.4. The standard InChI is InChI=1S/C9H13NO4S2/c1-6-4-8(7(2)15-6)16(12,13)10-5-9(11)14-3/h4,10H,5H2,1-3H3. The maximum atomic E-state index is 11.8. The molecule has 0 aliphatic carbocycles. The van der Waals surface area contributed by atoms with Gasteiger partial charge in [-0.1, -0.05) is 0 Å². The van der Waals surface area contributed by atoms with E-state index in [1.165, 1.54) is 18.4 Å². The largest absolute Gasteiger partial charge is 0.468 e. The molecule has 16 heavy (non-hydrogen) atoms. The molecule has 1 N–H and O–H groups in total. The Hall–Kier alpha value is -0.920. The molecule has 0 saturated carbocycles. The van der Waals surface area contributed by atoms with E-state index in [-0.39, 0.29) is 11.4 Å². The first-order chi connectivity index (χ1) is 7.36. The minimum absolute atomic E-state index is 0.221. The summed E-state index contributed by atoms with van der Waals surface area (Å²) < 4.78 is 30.1. The molecule has 0 saturated heterocycles. The summed E-state index contributed by atoms with van der Waals surface area (Å²) in [6.45, 7) is 3.20. The molecule has 0 unspecified atom stereocenters. The number of thiophene rings is 1. The zero-order valence-electron chi connectivity index (χ0n) is 9.23. The highest BCUT2D eigenvalue weighted by Crippen LogP contribution is 2.24. The van der Waals surface area contributed by atoms with E-state index in [2.05, 4.69) is 9.46 Å². The maximum Gasteiger partial charge on any atom is 0.320 e. The van der Waals surface area contributed by atoms with Crippen molar-refractivity contribution in [3.8, 4) is 0 Å². The molecule has 1 heterocycles. The summed E-state index contributed by atoms with van der Waals surface area (Å²) in [6.07, 6.45) is 0. The fraction of sp³-hybridized carbons (Fsp3) is 0.444. The topological polar surface area (TPSA) is 72.5 Å². The summed E-state index contributed by atoms with van der Waals surface area (Å²) in [5.74, 6) is -0.617. The summed E-state index contributed by atoms with van der Waals surface area (Å²) >= 11 is 1.40. The quantitative estimate of drug-likeness (QED) is 0.816. The number of carbonyl (C=O) groups is 1. The van der Waals surface area contributed by atoms with E-state index in [9.17, 15) is 13.2 Å². The van der Waals surface area contributed by atoms with Crippen molar-refractivity contribution in [1.82, 2.24) is 4.72 Å². The smallest absolute Gasteiger partial charge is 0.320 e. The zero-order valence-corrected chi connectivity index (χ0v) is 10.9. The average Bonchev–Trinajstić information content (AvgIpc) is 2.55. The fourth-order valence-corrected chi connectivity index (χ4v) is 3.70. The second-order valence-corrected chi connectivity index (χ2v) is 6.37. The maximum absolute atomic E-state index is 11.8. The minimum Gasteiger partial charge on any atom is -0.468 e. The number of esters is 1. The Morgan fingerprint density at radius 1 is 1.50 bits per heavy atom. The van der Waals surface area contributed by atoms with E-state index in [1.54, 1.807) is 13.0 Å². The molecule has 0 atom stereocenters. The highest BCUT2D eigenvalue weighted by atomic mass is 32.2. The molecule has 5 nitrogen and oxygen atoms in total. The Kier molecular flexibility index (Phi) is 4.06. The van der Waals surface area contributed by atoms with Gasteiger partial charge in [-0.15, -0.1) is 11.3 Å². The van der Waals surface area contributed by atoms with Crippen molar-refractivity contribution in [1.29, 1.82) is 0 Å². The van der Waals surface area contributed by atoms with Crippen LogP contribution in [0.4, 0.5) is 0 Å². The number of methoxy groups -OCH3 is 1. The highest BCUT2D eigenvalue weighted by Gasteiger charge is 2.19. The van der Waals surface area contributed by atoms with Crippen LogP contribution in [-0.2, 0) is 19.6 Å². The molecule has 0 amide bonds. The van der Waals surface area contributed by atoms with E-state index in [0.29, 0.717) is 4.88 Å². The highest BCUT2D eigenvalue weighted by molar-refractivity contribution is 7.89. The third-order valence-corrected chi connectivity index (χ3v) is 4.54. The van der Waals surface area contributed by atoms with Crippen molar-refractivity contribution in [2.45, 2.75) is 18.7 Å². The van der Waals surface area contributed by atoms with Crippen LogP contribution in [0.15, 0.2) is 11.0 Å². The van der Waals surface area contributed by atoms with Crippen LogP contribution in [0.25, 0.3) is 0 Å². The molecule has 0 fully saturated rings. The normalized spacial score (nSPS) is 11.4. The van der Waals surface area contributed by atoms with Crippen LogP contribution in [0, 0.1) is 13.8 Å². The number of carbonyl (C=O) groups excluding carboxylic acids is 1. The molecule has 1 aromatic rings. The zero-order chi connectivity index (χ0) is 12.3. The van der Waals surface area contributed by atoms with Gasteiger partial charge >= 0.3 is 5.97 Å². The van der Waals surface area contributed by atoms with Gasteiger partial charge in [-0.3, -0.25) is 4.79 Å². The van der Waals surface area contributed by atoms with Gasteiger partial charge in [0, 0.05) is 9.75 Å². The van der Waals surface area contributed by atoms with Crippen molar-refractivity contribution >= 4 is 27.3 Å². The Morgan fingerprint density at radius 3 is 2.56 bits per heavy atom. The summed E-state index contributed by atoms with van der Waals surface area (Å²) in [5, 5.41) is 0. The molecule has 7 heteroatoms. The Morgan fingerprint density at radius 2 is 2.12 bits per heavy atom. The molecule has 0 bridgehead atoms. The van der Waals surface area contributed by atoms with Crippen molar-refractivity contribution in [3.05, 3.63) is 15.8 Å². The molecule has 90 valence electrons. The Bertz CT molecular complexity index is 490. The first kappa shape index (κ1) is 13.1. The van der Waals surface area contributed by atoms with E-state index in [4.69, 9.17) is 0 Å². The van der Waals surface area contributed by atoms with Gasteiger partial charge in [0.1, 0.15) is 6.54 Å². The second kappa shape index (κ2) is 4.94. The molecule has 1 aromatic heterocycles. The summed E-state index contributed by atoms with van der Waals surface area (Å²) in [7, 11) is -2.41. The van der Waals surface area contributed by atoms with Gasteiger partial charge in [0.05, 0.1) is 12.0 Å². The van der Waals surface area contributed by atoms with Gasteiger partial charge in [0.15, 0.2) is 0 Å². The van der Waals surface area contributed by atoms with Gasteiger partial charge in [-0.25, -0.2) is 8.42 Å². The van der Waals surface area contributed by atoms with Gasteiger partial charge < -0.3 is 4.74 Å². The molecule has 0 aromatic carbocycles. The lowest BCUT2D eigenvalue weighted by molar-refractivity contribution is -0.139. The van der Waals surface area contributed by atoms with E-state index in [0.717, 1.165) is 4.88 Å². The number of aryl methyl sites for hydroxylation is 2. The lowest BCUT2D eigenvalue weighted by Gasteiger charge is -2.04. The van der Waals surface area contributed by atoms with Gasteiger partial charge in [0.25, 0.3) is 0 Å². The van der Waals surface area contributed by atoms with Crippen LogP contribution in [0.2, 0.25) is 0 Å². The summed E-state index contributed by atoms with van der Waals surface area (Å²) in [5.41, 5.74) is 0. The number of nitrogens with one attached hydrogen (secondary N) is 1. The second-order valence-electron chi connectivity index (χ2n) is 3.18. The van der Waals surface area contributed by atoms with Crippen LogP contribution in [-0.4, -0.2) is 28.0 Å². The monoisotopic (exact) mass is 263 g/mol. The number of sulfonamides is 1. The first-order valence-corrected chi connectivity index (χ1v) is 6.80. The minimum atomic E-state index is -3.62. The average molecular weight is 263 g/mol. The Balaban J connectivity index is 2.86. The van der Waals surface area contributed by atoms with Crippen LogP contribution in [0.5, 0.6) is 0 Å². The summed E-state index contributed by atoms with van der Waals surface area (Å²) in [4.78, 5) is 12.7. The fourth-order valence-electron chi connectivity index (χ4n) is 1.18. The van der Waals surface area contributed by atoms with E-state index in [1.807, 2.05) is 6.92 Å². The lowest BCUT2D eigenvalue weighted by Crippen LogP contribution is -2.30. The van der Waals surface area contributed by atoms with Crippen LogP contribution < -0.4 is 4.72 Å². The van der Waals surface area contributed by atoms with E-state index < -0.39 is 16.0 Å². The van der Waals surface area contributed by atoms with Crippen molar-refractivity contribution in [3.63, 3.8) is 0 Å². The molecule has 0 aliphatic heterocycles. The molecule has 0 aliphatic rings. The predicted octanol–water partition coefficient (Wildman–Crippen LogP) is 0.816. The van der Waals surface area contributed by atoms with Gasteiger partial charge in [0.2, 0.25) is 10.0 Å². The third-order valence-electron chi connectivity index (χ3n) is 1.92. The van der Waals surface area contributed by atoms with Crippen molar-refractivity contribution in [2.75, 3.05) is 13.7 Å². The predicted molar refractivity (Wildman–Crippen MR) is 61.0 cm³/mol. The van der Waals surface area contributed by atoms with Crippen LogP contribution >= 0.6 is 11.3 Å². The van der Waals surface area contributed by atoms with Crippen molar-refractivity contribution < 1.29 is 17.9 Å². The number of hydrogen-bond donors (Lipinski definition) is 1. The van der Waals surface area contributed by atoms with Crippen LogP contribution in [0.1, 0.15) is 9.75 Å². The van der Waals surface area contributed by atoms with Gasteiger partial charge in [-0.05, 0) is 19.9 Å². The Labute approximate surface area is 98.5 Å². The SMILES string of the molecule is COC(=O)CNS(=O)(=O)c1cc(C)sc1C. The molecule has 0 spiro atoms. The van der Waals surface area contributed by atoms with Crippen LogP contribution in [0.3, 0.4) is 0 Å². The molecular formula is C9H13NO4S2. The number of rotatable bonds is 4. The van der Waals surface area contributed by atoms with E-state index >= 15 is 0 Å². The first-order valence-electron chi connectivity index (χ1n) is 4.50. The molecule has 0 radical (unpaired) electrons. The molecular weight excluding hydrogens is 250 g/mol. The third kappa shape index (κ3) is 3.03. The summed E-state index contributed by atoms with van der Waals surface area (Å²) in [6, 6.07) is 1.58. The number of ether oxygens (including phenoxy) is 1. The van der Waals surface area contributed by atoms with Crippen molar-refractivity contribution in [2.24, 2.45) is 0 Å². The van der Waals surface area contributed by atoms with Gasteiger partial charge in [-0.2, -0.15) is 4.72 Å². The molecule has 1 rings (SSSR count). The number of hydrogen-bond acceptors (Lipinski definition) is 5.